The molecule has 8 heteroatoms. The molecule has 0 fully saturated rings. The first kappa shape index (κ1) is 17.7. The molecule has 2 N–H and O–H groups in total. The van der Waals surface area contributed by atoms with Crippen LogP contribution in [0.15, 0.2) is 17.0 Å². The van der Waals surface area contributed by atoms with Gasteiger partial charge in [0.1, 0.15) is 10.5 Å². The minimum absolute atomic E-state index is 0.0764. The van der Waals surface area contributed by atoms with E-state index >= 15 is 0 Å². The summed E-state index contributed by atoms with van der Waals surface area (Å²) in [4.78, 5) is 10.9. The second-order valence-electron chi connectivity index (χ2n) is 4.24. The summed E-state index contributed by atoms with van der Waals surface area (Å²) in [5.74, 6) is -1.51. The van der Waals surface area contributed by atoms with E-state index in [0.29, 0.717) is 6.42 Å². The molecule has 0 spiro atoms. The number of hydrogen-bond acceptors (Lipinski definition) is 4. The molecule has 0 bridgehead atoms. The van der Waals surface area contributed by atoms with Gasteiger partial charge < -0.3 is 9.84 Å². The Hall–Kier alpha value is -1.31. The minimum atomic E-state index is -3.94. The maximum atomic E-state index is 12.3. The van der Waals surface area contributed by atoms with Crippen molar-refractivity contribution in [3.05, 3.63) is 22.7 Å². The average molecular weight is 336 g/mol. The molecule has 0 amide bonds. The molecule has 0 aliphatic carbocycles. The average Bonchev–Trinajstić information content (AvgIpc) is 2.38. The van der Waals surface area contributed by atoms with Crippen molar-refractivity contribution >= 4 is 27.6 Å². The number of halogens is 1. The molecule has 1 aromatic carbocycles. The molecular formula is C13H18ClNO5S. The van der Waals surface area contributed by atoms with Crippen molar-refractivity contribution in [1.29, 1.82) is 0 Å². The van der Waals surface area contributed by atoms with Gasteiger partial charge in [-0.15, -0.1) is 0 Å². The molecule has 1 rings (SSSR count). The van der Waals surface area contributed by atoms with Gasteiger partial charge in [-0.3, -0.25) is 0 Å². The van der Waals surface area contributed by atoms with Gasteiger partial charge in [-0.25, -0.2) is 17.9 Å². The summed E-state index contributed by atoms with van der Waals surface area (Å²) in [5.41, 5.74) is -0.239. The Morgan fingerprint density at radius 3 is 2.57 bits per heavy atom. The van der Waals surface area contributed by atoms with Crippen LogP contribution in [0.3, 0.4) is 0 Å². The number of aromatic carboxylic acids is 1. The third-order valence-corrected chi connectivity index (χ3v) is 4.63. The largest absolute Gasteiger partial charge is 0.491 e. The molecule has 0 saturated carbocycles. The predicted molar refractivity (Wildman–Crippen MR) is 79.7 cm³/mol. The van der Waals surface area contributed by atoms with Gasteiger partial charge in [0.15, 0.2) is 5.75 Å². The molecule has 0 aliphatic heterocycles. The van der Waals surface area contributed by atoms with Crippen LogP contribution in [-0.4, -0.2) is 32.6 Å². The SMILES string of the molecule is CCCCNS(=O)(=O)c1c(Cl)ccc(C(=O)O)c1OCC. The van der Waals surface area contributed by atoms with Crippen molar-refractivity contribution in [3.8, 4) is 5.75 Å². The number of sulfonamides is 1. The second-order valence-corrected chi connectivity index (χ2v) is 6.35. The van der Waals surface area contributed by atoms with E-state index in [4.69, 9.17) is 21.4 Å². The van der Waals surface area contributed by atoms with E-state index in [1.807, 2.05) is 6.92 Å². The van der Waals surface area contributed by atoms with Crippen LogP contribution in [0, 0.1) is 0 Å². The summed E-state index contributed by atoms with van der Waals surface area (Å²) in [6.45, 7) is 3.93. The van der Waals surface area contributed by atoms with Gasteiger partial charge in [-0.1, -0.05) is 24.9 Å². The first-order chi connectivity index (χ1) is 9.85. The first-order valence-electron chi connectivity index (χ1n) is 6.53. The van der Waals surface area contributed by atoms with Crippen LogP contribution in [0.1, 0.15) is 37.0 Å². The number of hydrogen-bond donors (Lipinski definition) is 2. The molecule has 0 saturated heterocycles. The van der Waals surface area contributed by atoms with Gasteiger partial charge in [0, 0.05) is 6.54 Å². The fourth-order valence-corrected chi connectivity index (χ4v) is 3.45. The van der Waals surface area contributed by atoms with E-state index in [9.17, 15) is 13.2 Å². The number of benzene rings is 1. The molecule has 21 heavy (non-hydrogen) atoms. The number of unbranched alkanes of at least 4 members (excludes halogenated alkanes) is 1. The van der Waals surface area contributed by atoms with Gasteiger partial charge in [0.25, 0.3) is 0 Å². The van der Waals surface area contributed by atoms with Crippen molar-refractivity contribution in [2.75, 3.05) is 13.2 Å². The quantitative estimate of drug-likeness (QED) is 0.712. The number of ether oxygens (including phenoxy) is 1. The van der Waals surface area contributed by atoms with Gasteiger partial charge in [0.05, 0.1) is 11.6 Å². The monoisotopic (exact) mass is 335 g/mol. The highest BCUT2D eigenvalue weighted by Crippen LogP contribution is 2.34. The Morgan fingerprint density at radius 1 is 1.38 bits per heavy atom. The van der Waals surface area contributed by atoms with Crippen LogP contribution < -0.4 is 9.46 Å². The van der Waals surface area contributed by atoms with E-state index in [2.05, 4.69) is 4.72 Å². The highest BCUT2D eigenvalue weighted by molar-refractivity contribution is 7.89. The van der Waals surface area contributed by atoms with Crippen LogP contribution >= 0.6 is 11.6 Å². The maximum Gasteiger partial charge on any atom is 0.339 e. The number of carbonyl (C=O) groups is 1. The second kappa shape index (κ2) is 7.63. The number of carboxylic acid groups (broad SMARTS) is 1. The molecule has 0 unspecified atom stereocenters. The highest BCUT2D eigenvalue weighted by Gasteiger charge is 2.27. The lowest BCUT2D eigenvalue weighted by molar-refractivity contribution is 0.0692. The Kier molecular flexibility index (Phi) is 6.44. The molecule has 1 aromatic rings. The lowest BCUT2D eigenvalue weighted by Crippen LogP contribution is -2.26. The van der Waals surface area contributed by atoms with Crippen LogP contribution in [-0.2, 0) is 10.0 Å². The minimum Gasteiger partial charge on any atom is -0.491 e. The van der Waals surface area contributed by atoms with Gasteiger partial charge in [-0.05, 0) is 25.5 Å². The Labute approximate surface area is 129 Å². The Balaban J connectivity index is 3.38. The summed E-state index contributed by atoms with van der Waals surface area (Å²) >= 11 is 5.95. The summed E-state index contributed by atoms with van der Waals surface area (Å²) < 4.78 is 32.3. The third kappa shape index (κ3) is 4.33. The zero-order valence-corrected chi connectivity index (χ0v) is 13.4. The molecule has 6 nitrogen and oxygen atoms in total. The van der Waals surface area contributed by atoms with Gasteiger partial charge in [-0.2, -0.15) is 0 Å². The zero-order valence-electron chi connectivity index (χ0n) is 11.8. The van der Waals surface area contributed by atoms with E-state index in [1.165, 1.54) is 12.1 Å². The van der Waals surface area contributed by atoms with Crippen LogP contribution in [0.5, 0.6) is 5.75 Å². The van der Waals surface area contributed by atoms with Crippen LogP contribution in [0.25, 0.3) is 0 Å². The highest BCUT2D eigenvalue weighted by atomic mass is 35.5. The van der Waals surface area contributed by atoms with Crippen LogP contribution in [0.2, 0.25) is 5.02 Å². The normalized spacial score (nSPS) is 11.4. The lowest BCUT2D eigenvalue weighted by atomic mass is 10.2. The number of carboxylic acids is 1. The predicted octanol–water partition coefficient (Wildman–Crippen LogP) is 2.52. The van der Waals surface area contributed by atoms with Crippen molar-refractivity contribution < 1.29 is 23.1 Å². The summed E-state index contributed by atoms with van der Waals surface area (Å²) in [7, 11) is -3.94. The maximum absolute atomic E-state index is 12.3. The van der Waals surface area contributed by atoms with Crippen LogP contribution in [0.4, 0.5) is 0 Å². The molecule has 0 aliphatic rings. The number of rotatable bonds is 8. The topological polar surface area (TPSA) is 92.7 Å². The van der Waals surface area contributed by atoms with Gasteiger partial charge >= 0.3 is 5.97 Å². The van der Waals surface area contributed by atoms with E-state index < -0.39 is 16.0 Å². The standard InChI is InChI=1S/C13H18ClNO5S/c1-3-5-8-15-21(18,19)12-10(14)7-6-9(13(16)17)11(12)20-4-2/h6-7,15H,3-5,8H2,1-2H3,(H,16,17). The van der Waals surface area contributed by atoms with Crippen molar-refractivity contribution in [2.45, 2.75) is 31.6 Å². The van der Waals surface area contributed by atoms with Gasteiger partial charge in [0.2, 0.25) is 10.0 Å². The zero-order chi connectivity index (χ0) is 16.0. The number of nitrogens with one attached hydrogen (secondary N) is 1. The fraction of sp³-hybridized carbons (Fsp3) is 0.462. The summed E-state index contributed by atoms with van der Waals surface area (Å²) in [6.07, 6.45) is 1.49. The van der Waals surface area contributed by atoms with E-state index in [1.54, 1.807) is 6.92 Å². The van der Waals surface area contributed by atoms with Crippen molar-refractivity contribution in [2.24, 2.45) is 0 Å². The molecular weight excluding hydrogens is 318 g/mol. The summed E-state index contributed by atoms with van der Waals surface area (Å²) in [6, 6.07) is 2.46. The van der Waals surface area contributed by atoms with Crippen molar-refractivity contribution in [1.82, 2.24) is 4.72 Å². The first-order valence-corrected chi connectivity index (χ1v) is 8.39. The Bertz CT molecular complexity index is 615. The lowest BCUT2D eigenvalue weighted by Gasteiger charge is -2.15. The summed E-state index contributed by atoms with van der Waals surface area (Å²) in [5, 5.41) is 9.07. The van der Waals surface area contributed by atoms with E-state index in [-0.39, 0.29) is 34.4 Å². The molecule has 0 atom stereocenters. The van der Waals surface area contributed by atoms with E-state index in [0.717, 1.165) is 6.42 Å². The smallest absolute Gasteiger partial charge is 0.339 e. The molecule has 0 radical (unpaired) electrons. The molecule has 118 valence electrons. The third-order valence-electron chi connectivity index (χ3n) is 2.67. The van der Waals surface area contributed by atoms with Crippen molar-refractivity contribution in [3.63, 3.8) is 0 Å². The fourth-order valence-electron chi connectivity index (χ4n) is 1.70. The molecule has 0 heterocycles. The molecule has 0 aromatic heterocycles. The Morgan fingerprint density at radius 2 is 2.05 bits per heavy atom.